The molecule has 126 valence electrons. The summed E-state index contributed by atoms with van der Waals surface area (Å²) < 4.78 is 31.8. The van der Waals surface area contributed by atoms with Gasteiger partial charge in [0.15, 0.2) is 5.82 Å². The number of nitrogens with zero attached hydrogens (tertiary/aromatic N) is 4. The molecule has 1 atom stereocenters. The lowest BCUT2D eigenvalue weighted by atomic mass is 10.2. The van der Waals surface area contributed by atoms with Gasteiger partial charge in [0.1, 0.15) is 11.9 Å². The molecular weight excluding hydrogens is 328 g/mol. The molecule has 0 fully saturated rings. The molecule has 0 spiro atoms. The van der Waals surface area contributed by atoms with Gasteiger partial charge in [-0.15, -0.1) is 0 Å². The number of ether oxygens (including phenoxy) is 1. The number of hydrogen-bond donors (Lipinski definition) is 1. The lowest BCUT2D eigenvalue weighted by Gasteiger charge is -2.21. The van der Waals surface area contributed by atoms with Crippen LogP contribution in [0.5, 0.6) is 0 Å². The average molecular weight is 345 g/mol. The van der Waals surface area contributed by atoms with Gasteiger partial charge in [-0.05, 0) is 27.7 Å². The van der Waals surface area contributed by atoms with Crippen LogP contribution >= 0.6 is 11.3 Å². The third-order valence-corrected chi connectivity index (χ3v) is 3.58. The van der Waals surface area contributed by atoms with Gasteiger partial charge < -0.3 is 10.1 Å². The molecule has 1 N–H and O–H groups in total. The van der Waals surface area contributed by atoms with Gasteiger partial charge >= 0.3 is 6.09 Å². The maximum atomic E-state index is 12.7. The predicted molar refractivity (Wildman–Crippen MR) is 79.8 cm³/mol. The highest BCUT2D eigenvalue weighted by Crippen LogP contribution is 2.27. The van der Waals surface area contributed by atoms with Gasteiger partial charge in [0, 0.05) is 6.20 Å². The summed E-state index contributed by atoms with van der Waals surface area (Å²) in [6.45, 7) is 6.94. The van der Waals surface area contributed by atoms with Crippen LogP contribution in [0.1, 0.15) is 50.9 Å². The Bertz CT molecular complexity index is 680. The molecule has 2 rings (SSSR count). The number of carbonyl (C=O) groups excluding carboxylic acids is 1. The number of alkyl halides is 2. The van der Waals surface area contributed by atoms with Gasteiger partial charge in [-0.1, -0.05) is 11.3 Å². The molecule has 0 saturated carbocycles. The normalized spacial score (nSPS) is 13.2. The van der Waals surface area contributed by atoms with Gasteiger partial charge in [-0.3, -0.25) is 0 Å². The van der Waals surface area contributed by atoms with Crippen LogP contribution in [0.15, 0.2) is 12.5 Å². The third kappa shape index (κ3) is 4.44. The highest BCUT2D eigenvalue weighted by Gasteiger charge is 2.22. The van der Waals surface area contributed by atoms with Crippen molar-refractivity contribution in [1.29, 1.82) is 0 Å². The van der Waals surface area contributed by atoms with Crippen molar-refractivity contribution in [1.82, 2.24) is 25.1 Å². The second kappa shape index (κ2) is 6.57. The Morgan fingerprint density at radius 2 is 2.09 bits per heavy atom. The molecule has 7 nitrogen and oxygen atoms in total. The number of halogens is 2. The fourth-order valence-electron chi connectivity index (χ4n) is 1.72. The first-order valence-corrected chi connectivity index (χ1v) is 7.62. The Balaban J connectivity index is 2.15. The second-order valence-corrected chi connectivity index (χ2v) is 6.78. The number of carbonyl (C=O) groups is 1. The number of alkyl carbamates (subject to hydrolysis) is 1. The number of hydrogen-bond acceptors (Lipinski definition) is 6. The van der Waals surface area contributed by atoms with E-state index < -0.39 is 24.2 Å². The van der Waals surface area contributed by atoms with E-state index in [0.717, 1.165) is 17.5 Å². The highest BCUT2D eigenvalue weighted by molar-refractivity contribution is 7.14. The first kappa shape index (κ1) is 17.3. The molecule has 0 saturated heterocycles. The van der Waals surface area contributed by atoms with Crippen molar-refractivity contribution in [3.63, 3.8) is 0 Å². The van der Waals surface area contributed by atoms with Crippen LogP contribution in [0.3, 0.4) is 0 Å². The van der Waals surface area contributed by atoms with Crippen LogP contribution in [0.4, 0.5) is 13.6 Å². The molecule has 0 radical (unpaired) electrons. The summed E-state index contributed by atoms with van der Waals surface area (Å²) >= 11 is 0.815. The summed E-state index contributed by atoms with van der Waals surface area (Å²) in [6, 6.07) is -0.536. The van der Waals surface area contributed by atoms with Crippen molar-refractivity contribution < 1.29 is 18.3 Å². The van der Waals surface area contributed by atoms with E-state index in [1.807, 2.05) is 0 Å². The van der Waals surface area contributed by atoms with Gasteiger partial charge in [-0.2, -0.15) is 9.78 Å². The molecule has 0 aliphatic heterocycles. The van der Waals surface area contributed by atoms with E-state index in [1.54, 1.807) is 27.7 Å². The van der Waals surface area contributed by atoms with Gasteiger partial charge in [0.05, 0.1) is 10.9 Å². The lowest BCUT2D eigenvalue weighted by Crippen LogP contribution is -2.34. The van der Waals surface area contributed by atoms with E-state index in [-0.39, 0.29) is 10.0 Å². The van der Waals surface area contributed by atoms with Crippen molar-refractivity contribution in [2.45, 2.75) is 45.8 Å². The summed E-state index contributed by atoms with van der Waals surface area (Å²) in [5.74, 6) is 0.367. The SMILES string of the molecule is C[C@H](NC(=O)OC(C)(C)C)c1ncnn1-c1ncc(C(F)F)s1. The standard InChI is InChI=1S/C13H17F2N5O2S/c1-7(19-12(21)22-13(2,3)4)10-17-6-18-20(10)11-16-5-8(23-11)9(14)15/h5-7,9H,1-4H3,(H,19,21)/t7-/m0/s1. The van der Waals surface area contributed by atoms with Crippen LogP contribution in [0, 0.1) is 0 Å². The largest absolute Gasteiger partial charge is 0.444 e. The van der Waals surface area contributed by atoms with Gasteiger partial charge in [0.2, 0.25) is 5.13 Å². The smallest absolute Gasteiger partial charge is 0.408 e. The Morgan fingerprint density at radius 1 is 1.39 bits per heavy atom. The van der Waals surface area contributed by atoms with Gasteiger partial charge in [-0.25, -0.2) is 23.5 Å². The fourth-order valence-corrected chi connectivity index (χ4v) is 2.46. The lowest BCUT2D eigenvalue weighted by molar-refractivity contribution is 0.0505. The van der Waals surface area contributed by atoms with E-state index in [2.05, 4.69) is 20.4 Å². The predicted octanol–water partition coefficient (Wildman–Crippen LogP) is 3.25. The number of nitrogens with one attached hydrogen (secondary N) is 1. The van der Waals surface area contributed by atoms with Crippen LogP contribution in [0.2, 0.25) is 0 Å². The van der Waals surface area contributed by atoms with Crippen LogP contribution in [0.25, 0.3) is 5.13 Å². The van der Waals surface area contributed by atoms with Crippen molar-refractivity contribution in [2.24, 2.45) is 0 Å². The molecule has 10 heteroatoms. The number of aromatic nitrogens is 4. The van der Waals surface area contributed by atoms with E-state index in [4.69, 9.17) is 4.74 Å². The van der Waals surface area contributed by atoms with Crippen molar-refractivity contribution in [3.8, 4) is 5.13 Å². The quantitative estimate of drug-likeness (QED) is 0.920. The van der Waals surface area contributed by atoms with Crippen LogP contribution < -0.4 is 5.32 Å². The minimum atomic E-state index is -2.59. The van der Waals surface area contributed by atoms with E-state index >= 15 is 0 Å². The zero-order chi connectivity index (χ0) is 17.2. The summed E-state index contributed by atoms with van der Waals surface area (Å²) in [6.07, 6.45) is -0.828. The van der Waals surface area contributed by atoms with Crippen molar-refractivity contribution in [2.75, 3.05) is 0 Å². The molecule has 23 heavy (non-hydrogen) atoms. The van der Waals surface area contributed by atoms with Crippen LogP contribution in [-0.4, -0.2) is 31.4 Å². The minimum Gasteiger partial charge on any atom is -0.444 e. The maximum Gasteiger partial charge on any atom is 0.408 e. The Labute approximate surface area is 135 Å². The summed E-state index contributed by atoms with van der Waals surface area (Å²) in [4.78, 5) is 19.6. The first-order valence-electron chi connectivity index (χ1n) is 6.81. The third-order valence-electron chi connectivity index (χ3n) is 2.60. The molecular formula is C13H17F2N5O2S. The molecule has 2 aromatic heterocycles. The molecule has 0 aliphatic carbocycles. The van der Waals surface area contributed by atoms with Crippen LogP contribution in [-0.2, 0) is 4.74 Å². The average Bonchev–Trinajstić information content (AvgIpc) is 3.05. The first-order chi connectivity index (χ1) is 10.7. The molecule has 2 aromatic rings. The number of rotatable bonds is 4. The van der Waals surface area contributed by atoms with E-state index in [1.165, 1.54) is 11.0 Å². The Hall–Kier alpha value is -2.10. The summed E-state index contributed by atoms with van der Waals surface area (Å²) in [5, 5.41) is 6.86. The second-order valence-electron chi connectivity index (χ2n) is 5.74. The number of thiazole rings is 1. The van der Waals surface area contributed by atoms with E-state index in [9.17, 15) is 13.6 Å². The molecule has 0 aliphatic rings. The van der Waals surface area contributed by atoms with Crippen molar-refractivity contribution >= 4 is 17.4 Å². The Kier molecular flexibility index (Phi) is 4.93. The fraction of sp³-hybridized carbons (Fsp3) is 0.538. The number of amides is 1. The molecule has 0 aromatic carbocycles. The Morgan fingerprint density at radius 3 is 2.65 bits per heavy atom. The zero-order valence-electron chi connectivity index (χ0n) is 13.1. The monoisotopic (exact) mass is 345 g/mol. The highest BCUT2D eigenvalue weighted by atomic mass is 32.1. The van der Waals surface area contributed by atoms with Crippen molar-refractivity contribution in [3.05, 3.63) is 23.2 Å². The summed E-state index contributed by atoms with van der Waals surface area (Å²) in [7, 11) is 0. The minimum absolute atomic E-state index is 0.158. The topological polar surface area (TPSA) is 81.9 Å². The summed E-state index contributed by atoms with van der Waals surface area (Å²) in [5.41, 5.74) is -0.626. The van der Waals surface area contributed by atoms with E-state index in [0.29, 0.717) is 5.82 Å². The maximum absolute atomic E-state index is 12.7. The molecule has 0 bridgehead atoms. The molecule has 2 heterocycles. The molecule has 1 amide bonds. The zero-order valence-corrected chi connectivity index (χ0v) is 13.9. The molecule has 0 unspecified atom stereocenters. The van der Waals surface area contributed by atoms with Gasteiger partial charge in [0.25, 0.3) is 6.43 Å².